The van der Waals surface area contributed by atoms with Crippen LogP contribution in [0, 0.1) is 5.92 Å². The van der Waals surface area contributed by atoms with E-state index < -0.39 is 18.0 Å². The van der Waals surface area contributed by atoms with Crippen LogP contribution in [0.5, 0.6) is 17.2 Å². The summed E-state index contributed by atoms with van der Waals surface area (Å²) in [6, 6.07) is 24.8. The van der Waals surface area contributed by atoms with E-state index in [0.29, 0.717) is 39.7 Å². The molecule has 216 valence electrons. The van der Waals surface area contributed by atoms with Gasteiger partial charge in [-0.1, -0.05) is 60.7 Å². The van der Waals surface area contributed by atoms with Crippen molar-refractivity contribution in [2.75, 3.05) is 13.1 Å². The van der Waals surface area contributed by atoms with Crippen molar-refractivity contribution in [2.24, 2.45) is 5.92 Å². The van der Waals surface area contributed by atoms with Crippen LogP contribution in [0.25, 0.3) is 11.1 Å². The number of ether oxygens (including phenoxy) is 3. The summed E-state index contributed by atoms with van der Waals surface area (Å²) in [5, 5.41) is 3.45. The number of hydrogen-bond acceptors (Lipinski definition) is 5. The third kappa shape index (κ3) is 4.34. The number of esters is 1. The van der Waals surface area contributed by atoms with Crippen LogP contribution in [0.1, 0.15) is 58.8 Å². The number of hydrogen-bond donors (Lipinski definition) is 1. The first kappa shape index (κ1) is 28.2. The molecule has 42 heavy (non-hydrogen) atoms. The van der Waals surface area contributed by atoms with Crippen LogP contribution >= 0.6 is 12.4 Å². The summed E-state index contributed by atoms with van der Waals surface area (Å²) in [6.07, 6.45) is -0.692. The van der Waals surface area contributed by atoms with Gasteiger partial charge in [-0.3, -0.25) is 0 Å². The van der Waals surface area contributed by atoms with Gasteiger partial charge in [0.15, 0.2) is 5.60 Å². The maximum Gasteiger partial charge on any atom is 0.340 e. The highest BCUT2D eigenvalue weighted by molar-refractivity contribution is 6.00. The summed E-state index contributed by atoms with van der Waals surface area (Å²) in [7, 11) is 0. The first-order valence-electron chi connectivity index (χ1n) is 14.0. The number of piperidine rings is 1. The summed E-state index contributed by atoms with van der Waals surface area (Å²) in [6.45, 7) is 3.98. The number of carbonyl (C=O) groups excluding carboxylic acids is 1. The van der Waals surface area contributed by atoms with Gasteiger partial charge in [-0.25, -0.2) is 13.6 Å². The molecule has 8 heteroatoms. The molecule has 3 aliphatic heterocycles. The molecule has 1 spiro atoms. The minimum atomic E-state index is -2.81. The van der Waals surface area contributed by atoms with Crippen LogP contribution in [-0.4, -0.2) is 25.2 Å². The van der Waals surface area contributed by atoms with Crippen molar-refractivity contribution in [2.45, 2.75) is 37.9 Å². The van der Waals surface area contributed by atoms with Gasteiger partial charge in [0.05, 0.1) is 17.2 Å². The molecule has 3 aliphatic rings. The van der Waals surface area contributed by atoms with Crippen LogP contribution < -0.4 is 14.8 Å². The average Bonchev–Trinajstić information content (AvgIpc) is 3.30. The molecule has 7 rings (SSSR count). The summed E-state index contributed by atoms with van der Waals surface area (Å²) >= 11 is 0. The number of fused-ring (bicyclic) bond motifs is 6. The van der Waals surface area contributed by atoms with Crippen molar-refractivity contribution in [3.8, 4) is 28.4 Å². The molecule has 0 bridgehead atoms. The second kappa shape index (κ2) is 11.0. The molecule has 0 radical (unpaired) electrons. The Labute approximate surface area is 249 Å². The zero-order valence-electron chi connectivity index (χ0n) is 22.9. The Morgan fingerprint density at radius 2 is 1.60 bits per heavy atom. The van der Waals surface area contributed by atoms with Crippen LogP contribution in [-0.2, 0) is 10.3 Å². The molecule has 0 amide bonds. The summed E-state index contributed by atoms with van der Waals surface area (Å²) < 4.78 is 48.3. The van der Waals surface area contributed by atoms with E-state index >= 15 is 0 Å². The van der Waals surface area contributed by atoms with Gasteiger partial charge in [-0.05, 0) is 56.1 Å². The van der Waals surface area contributed by atoms with Gasteiger partial charge in [0.1, 0.15) is 17.2 Å². The predicted octanol–water partition coefficient (Wildman–Crippen LogP) is 8.05. The van der Waals surface area contributed by atoms with Gasteiger partial charge in [0.25, 0.3) is 6.43 Å². The highest BCUT2D eigenvalue weighted by Gasteiger charge is 2.56. The van der Waals surface area contributed by atoms with Crippen LogP contribution in [0.2, 0.25) is 0 Å². The monoisotopic (exact) mass is 589 g/mol. The number of para-hydroxylation sites is 2. The fraction of sp³-hybridized carbons (Fsp3) is 0.265. The molecule has 1 saturated heterocycles. The second-order valence-electron chi connectivity index (χ2n) is 10.8. The van der Waals surface area contributed by atoms with E-state index in [2.05, 4.69) is 12.2 Å². The Morgan fingerprint density at radius 3 is 2.40 bits per heavy atom. The van der Waals surface area contributed by atoms with Crippen molar-refractivity contribution in [1.29, 1.82) is 0 Å². The Kier molecular flexibility index (Phi) is 7.41. The SMILES string of the molecule is C[C@H](Oc1ccccc1-c1cccc2c1[C@]1(OC2=O)c2ccccc2Oc2cccc(C(F)F)c21)[C@H]1CCCNC1.Cl. The van der Waals surface area contributed by atoms with E-state index in [0.717, 1.165) is 31.5 Å². The Morgan fingerprint density at radius 1 is 0.881 bits per heavy atom. The number of carbonyl (C=O) groups is 1. The highest BCUT2D eigenvalue weighted by atomic mass is 35.5. The minimum Gasteiger partial charge on any atom is -0.490 e. The van der Waals surface area contributed by atoms with Crippen molar-refractivity contribution in [3.05, 3.63) is 113 Å². The van der Waals surface area contributed by atoms with Crippen molar-refractivity contribution >= 4 is 18.4 Å². The highest BCUT2D eigenvalue weighted by Crippen LogP contribution is 2.60. The predicted molar refractivity (Wildman–Crippen MR) is 158 cm³/mol. The first-order valence-corrected chi connectivity index (χ1v) is 14.0. The molecule has 5 nitrogen and oxygen atoms in total. The van der Waals surface area contributed by atoms with Gasteiger partial charge >= 0.3 is 5.97 Å². The fourth-order valence-electron chi connectivity index (χ4n) is 6.60. The lowest BCUT2D eigenvalue weighted by Gasteiger charge is -2.38. The smallest absolute Gasteiger partial charge is 0.340 e. The molecule has 0 aromatic heterocycles. The number of alkyl halides is 2. The normalized spacial score (nSPS) is 21.0. The molecule has 3 atom stereocenters. The van der Waals surface area contributed by atoms with Gasteiger partial charge in [-0.15, -0.1) is 12.4 Å². The molecular formula is C34H30ClF2NO4. The Hall–Kier alpha value is -3.94. The second-order valence-corrected chi connectivity index (χ2v) is 10.8. The summed E-state index contributed by atoms with van der Waals surface area (Å²) in [5.41, 5.74) is 1.06. The lowest BCUT2D eigenvalue weighted by atomic mass is 9.73. The third-order valence-electron chi connectivity index (χ3n) is 8.50. The van der Waals surface area contributed by atoms with E-state index in [1.54, 1.807) is 36.4 Å². The molecule has 1 N–H and O–H groups in total. The molecule has 4 aromatic rings. The van der Waals surface area contributed by atoms with E-state index in [1.807, 2.05) is 36.4 Å². The minimum absolute atomic E-state index is 0. The number of benzene rings is 4. The summed E-state index contributed by atoms with van der Waals surface area (Å²) in [5.74, 6) is 1.13. The van der Waals surface area contributed by atoms with Gasteiger partial charge in [-0.2, -0.15) is 0 Å². The van der Waals surface area contributed by atoms with Crippen molar-refractivity contribution < 1.29 is 27.8 Å². The lowest BCUT2D eigenvalue weighted by molar-refractivity contribution is 0.0208. The topological polar surface area (TPSA) is 56.8 Å². The van der Waals surface area contributed by atoms with E-state index in [1.165, 1.54) is 12.1 Å². The van der Waals surface area contributed by atoms with Gasteiger partial charge in [0, 0.05) is 34.7 Å². The molecule has 0 unspecified atom stereocenters. The summed E-state index contributed by atoms with van der Waals surface area (Å²) in [4.78, 5) is 13.6. The molecule has 3 heterocycles. The van der Waals surface area contributed by atoms with Crippen LogP contribution in [0.3, 0.4) is 0 Å². The quantitative estimate of drug-likeness (QED) is 0.239. The molecule has 0 aliphatic carbocycles. The van der Waals surface area contributed by atoms with Crippen LogP contribution in [0.4, 0.5) is 8.78 Å². The van der Waals surface area contributed by atoms with Crippen LogP contribution in [0.15, 0.2) is 84.9 Å². The molecular weight excluding hydrogens is 560 g/mol. The van der Waals surface area contributed by atoms with Gasteiger partial charge in [0.2, 0.25) is 0 Å². The first-order chi connectivity index (χ1) is 20.0. The number of nitrogens with one attached hydrogen (secondary N) is 1. The standard InChI is InChI=1S/C34H29F2NO4.ClH/c1-20(21-9-8-18-37-19-21)39-27-15-4-2-10-22(27)23-11-6-13-25-30(23)34(41-33(25)38)26-14-3-5-16-28(26)40-29-17-7-12-24(31(29)34)32(35)36;/h2-7,10-17,20-21,32,37H,8-9,18-19H2,1H3;1H/t20-,21-,34+;/m0./s1. The maximum atomic E-state index is 14.6. The van der Waals surface area contributed by atoms with Crippen molar-refractivity contribution in [3.63, 3.8) is 0 Å². The average molecular weight is 590 g/mol. The molecule has 4 aromatic carbocycles. The zero-order valence-corrected chi connectivity index (χ0v) is 23.8. The van der Waals surface area contributed by atoms with E-state index in [9.17, 15) is 13.6 Å². The Balaban J connectivity index is 0.00000316. The van der Waals surface area contributed by atoms with Gasteiger partial charge < -0.3 is 19.5 Å². The number of halogens is 3. The van der Waals surface area contributed by atoms with E-state index in [4.69, 9.17) is 14.2 Å². The zero-order chi connectivity index (χ0) is 28.1. The maximum absolute atomic E-state index is 14.6. The Bertz CT molecular complexity index is 1650. The van der Waals surface area contributed by atoms with Crippen molar-refractivity contribution in [1.82, 2.24) is 5.32 Å². The number of rotatable bonds is 5. The fourth-order valence-corrected chi connectivity index (χ4v) is 6.60. The largest absolute Gasteiger partial charge is 0.490 e. The van der Waals surface area contributed by atoms with E-state index in [-0.39, 0.29) is 35.4 Å². The third-order valence-corrected chi connectivity index (χ3v) is 8.50. The molecule has 0 saturated carbocycles. The molecule has 1 fully saturated rings. The lowest BCUT2D eigenvalue weighted by Crippen LogP contribution is -2.38.